The van der Waals surface area contributed by atoms with Crippen LogP contribution in [0.2, 0.25) is 5.02 Å². The fraction of sp³-hybridized carbons (Fsp3) is 0.385. The first-order valence-electron chi connectivity index (χ1n) is 5.73. The zero-order valence-electron chi connectivity index (χ0n) is 10.7. The smallest absolute Gasteiger partial charge is 0.127 e. The van der Waals surface area contributed by atoms with Crippen molar-refractivity contribution in [2.24, 2.45) is 0 Å². The van der Waals surface area contributed by atoms with Gasteiger partial charge in [0.1, 0.15) is 12.4 Å². The summed E-state index contributed by atoms with van der Waals surface area (Å²) in [4.78, 5) is 6.67. The van der Waals surface area contributed by atoms with Crippen LogP contribution in [0.3, 0.4) is 0 Å². The van der Waals surface area contributed by atoms with Gasteiger partial charge in [-0.2, -0.15) is 5.26 Å². The van der Waals surface area contributed by atoms with Gasteiger partial charge in [-0.25, -0.2) is 4.98 Å². The average Bonchev–Trinajstić information content (AvgIpc) is 2.66. The number of nitrogens with zero attached hydrogens (tertiary/aromatic N) is 4. The zero-order valence-corrected chi connectivity index (χ0v) is 11.4. The highest BCUT2D eigenvalue weighted by molar-refractivity contribution is 6.31. The maximum atomic E-state index is 8.96. The second-order valence-corrected chi connectivity index (χ2v) is 4.92. The van der Waals surface area contributed by atoms with Gasteiger partial charge in [0.25, 0.3) is 0 Å². The summed E-state index contributed by atoms with van der Waals surface area (Å²) in [6, 6.07) is 7.89. The molecule has 0 saturated carbocycles. The Hall–Kier alpha value is -1.57. The third kappa shape index (κ3) is 2.20. The van der Waals surface area contributed by atoms with Gasteiger partial charge < -0.3 is 4.57 Å². The Kier molecular flexibility index (Phi) is 3.55. The van der Waals surface area contributed by atoms with Crippen molar-refractivity contribution in [1.82, 2.24) is 14.5 Å². The second-order valence-electron chi connectivity index (χ2n) is 4.49. The molecule has 4 nitrogen and oxygen atoms in total. The van der Waals surface area contributed by atoms with Gasteiger partial charge in [-0.1, -0.05) is 11.6 Å². The lowest BCUT2D eigenvalue weighted by Gasteiger charge is -2.19. The first-order valence-corrected chi connectivity index (χ1v) is 6.11. The van der Waals surface area contributed by atoms with Gasteiger partial charge in [0.2, 0.25) is 0 Å². The number of aromatic nitrogens is 2. The van der Waals surface area contributed by atoms with E-state index in [-0.39, 0.29) is 6.04 Å². The number of nitriles is 1. The molecule has 0 aliphatic heterocycles. The number of hydrogen-bond acceptors (Lipinski definition) is 3. The van der Waals surface area contributed by atoms with Crippen molar-refractivity contribution in [1.29, 1.82) is 5.26 Å². The minimum absolute atomic E-state index is 0.143. The first kappa shape index (κ1) is 12.9. The van der Waals surface area contributed by atoms with E-state index in [1.165, 1.54) is 0 Å². The fourth-order valence-corrected chi connectivity index (χ4v) is 2.07. The van der Waals surface area contributed by atoms with E-state index in [4.69, 9.17) is 16.9 Å². The summed E-state index contributed by atoms with van der Waals surface area (Å²) in [5.41, 5.74) is 1.78. The number of benzene rings is 1. The molecule has 0 aliphatic rings. The van der Waals surface area contributed by atoms with Crippen LogP contribution in [-0.2, 0) is 6.54 Å². The van der Waals surface area contributed by atoms with Crippen molar-refractivity contribution < 1.29 is 0 Å². The first-order chi connectivity index (χ1) is 8.54. The predicted octanol–water partition coefficient (Wildman–Crippen LogP) is 2.84. The van der Waals surface area contributed by atoms with Crippen LogP contribution in [0.5, 0.6) is 0 Å². The van der Waals surface area contributed by atoms with Crippen LogP contribution < -0.4 is 0 Å². The van der Waals surface area contributed by atoms with Gasteiger partial charge in [-0.3, -0.25) is 4.90 Å². The van der Waals surface area contributed by atoms with E-state index >= 15 is 0 Å². The SMILES string of the molecule is CC(c1nc2cc(Cl)ccc2n1CC#N)N(C)C. The highest BCUT2D eigenvalue weighted by atomic mass is 35.5. The Morgan fingerprint density at radius 3 is 2.83 bits per heavy atom. The number of hydrogen-bond donors (Lipinski definition) is 0. The highest BCUT2D eigenvalue weighted by Crippen LogP contribution is 2.25. The van der Waals surface area contributed by atoms with E-state index in [0.717, 1.165) is 16.9 Å². The monoisotopic (exact) mass is 262 g/mol. The number of imidazole rings is 1. The molecule has 1 aromatic heterocycles. The molecule has 2 rings (SSSR count). The molecule has 0 aliphatic carbocycles. The largest absolute Gasteiger partial charge is 0.313 e. The summed E-state index contributed by atoms with van der Waals surface area (Å²) in [5.74, 6) is 0.888. The lowest BCUT2D eigenvalue weighted by atomic mass is 10.3. The Morgan fingerprint density at radius 1 is 1.50 bits per heavy atom. The van der Waals surface area contributed by atoms with Crippen LogP contribution >= 0.6 is 11.6 Å². The molecule has 0 fully saturated rings. The molecule has 1 aromatic carbocycles. The third-order valence-corrected chi connectivity index (χ3v) is 3.35. The van der Waals surface area contributed by atoms with E-state index in [1.807, 2.05) is 36.9 Å². The van der Waals surface area contributed by atoms with Crippen molar-refractivity contribution in [2.75, 3.05) is 14.1 Å². The minimum Gasteiger partial charge on any atom is -0.313 e. The van der Waals surface area contributed by atoms with Gasteiger partial charge in [0, 0.05) is 5.02 Å². The van der Waals surface area contributed by atoms with Crippen molar-refractivity contribution in [3.8, 4) is 6.07 Å². The highest BCUT2D eigenvalue weighted by Gasteiger charge is 2.18. The van der Waals surface area contributed by atoms with Crippen LogP contribution in [0.4, 0.5) is 0 Å². The molecule has 0 N–H and O–H groups in total. The lowest BCUT2D eigenvalue weighted by Crippen LogP contribution is -2.20. The molecule has 0 amide bonds. The molecule has 0 spiro atoms. The normalized spacial score (nSPS) is 12.9. The molecular weight excluding hydrogens is 248 g/mol. The van der Waals surface area contributed by atoms with Crippen LogP contribution in [-0.4, -0.2) is 28.5 Å². The molecule has 0 radical (unpaired) electrons. The van der Waals surface area contributed by atoms with Gasteiger partial charge in [0.05, 0.1) is 23.1 Å². The molecule has 1 atom stereocenters. The van der Waals surface area contributed by atoms with Gasteiger partial charge >= 0.3 is 0 Å². The Balaban J connectivity index is 2.65. The maximum absolute atomic E-state index is 8.96. The topological polar surface area (TPSA) is 44.9 Å². The van der Waals surface area contributed by atoms with Gasteiger partial charge in [-0.05, 0) is 39.2 Å². The van der Waals surface area contributed by atoms with Gasteiger partial charge in [-0.15, -0.1) is 0 Å². The van der Waals surface area contributed by atoms with Crippen LogP contribution in [0.15, 0.2) is 18.2 Å². The number of halogens is 1. The third-order valence-electron chi connectivity index (χ3n) is 3.12. The summed E-state index contributed by atoms with van der Waals surface area (Å²) in [5, 5.41) is 9.62. The molecule has 18 heavy (non-hydrogen) atoms. The number of rotatable bonds is 3. The summed E-state index contributed by atoms with van der Waals surface area (Å²) in [7, 11) is 3.99. The molecule has 1 heterocycles. The van der Waals surface area contributed by atoms with Crippen LogP contribution in [0, 0.1) is 11.3 Å². The standard InChI is InChI=1S/C13H15ClN4/c1-9(17(2)3)13-16-11-8-10(14)4-5-12(11)18(13)7-6-15/h4-5,8-9H,7H2,1-3H3. The van der Waals surface area contributed by atoms with E-state index < -0.39 is 0 Å². The Bertz CT molecular complexity index is 609. The summed E-state index contributed by atoms with van der Waals surface area (Å²) in [6.07, 6.45) is 0. The zero-order chi connectivity index (χ0) is 13.3. The quantitative estimate of drug-likeness (QED) is 0.854. The molecular formula is C13H15ClN4. The summed E-state index contributed by atoms with van der Waals surface area (Å²) >= 11 is 5.97. The lowest BCUT2D eigenvalue weighted by molar-refractivity contribution is 0.303. The second kappa shape index (κ2) is 4.97. The maximum Gasteiger partial charge on any atom is 0.127 e. The Morgan fingerprint density at radius 2 is 2.22 bits per heavy atom. The Labute approximate surface area is 111 Å². The molecule has 0 saturated heterocycles. The molecule has 1 unspecified atom stereocenters. The van der Waals surface area contributed by atoms with E-state index in [2.05, 4.69) is 22.9 Å². The molecule has 5 heteroatoms. The van der Waals surface area contributed by atoms with Crippen LogP contribution in [0.1, 0.15) is 18.8 Å². The van der Waals surface area contributed by atoms with Crippen molar-refractivity contribution in [3.05, 3.63) is 29.0 Å². The molecule has 94 valence electrons. The van der Waals surface area contributed by atoms with Crippen molar-refractivity contribution in [2.45, 2.75) is 19.5 Å². The van der Waals surface area contributed by atoms with E-state index in [1.54, 1.807) is 0 Å². The van der Waals surface area contributed by atoms with Gasteiger partial charge in [0.15, 0.2) is 0 Å². The average molecular weight is 263 g/mol. The van der Waals surface area contributed by atoms with Crippen molar-refractivity contribution in [3.63, 3.8) is 0 Å². The number of fused-ring (bicyclic) bond motifs is 1. The van der Waals surface area contributed by atoms with E-state index in [9.17, 15) is 0 Å². The minimum atomic E-state index is 0.143. The molecule has 0 bridgehead atoms. The van der Waals surface area contributed by atoms with Crippen LogP contribution in [0.25, 0.3) is 11.0 Å². The van der Waals surface area contributed by atoms with Crippen molar-refractivity contribution >= 4 is 22.6 Å². The van der Waals surface area contributed by atoms with E-state index in [0.29, 0.717) is 11.6 Å². The summed E-state index contributed by atoms with van der Waals surface area (Å²) in [6.45, 7) is 2.36. The molecule has 2 aromatic rings. The fourth-order valence-electron chi connectivity index (χ4n) is 1.91. The summed E-state index contributed by atoms with van der Waals surface area (Å²) < 4.78 is 1.94. The predicted molar refractivity (Wildman–Crippen MR) is 72.5 cm³/mol.